The molecule has 0 aromatic carbocycles. The zero-order valence-electron chi connectivity index (χ0n) is 9.47. The van der Waals surface area contributed by atoms with Crippen LogP contribution in [0.3, 0.4) is 0 Å². The zero-order valence-corrected chi connectivity index (χ0v) is 10.3. The first-order chi connectivity index (χ1) is 7.86. The lowest BCUT2D eigenvalue weighted by atomic mass is 9.93. The number of pyridine rings is 1. The van der Waals surface area contributed by atoms with Gasteiger partial charge in [0.15, 0.2) is 0 Å². The number of hydrogen-bond donors (Lipinski definition) is 1. The first kappa shape index (κ1) is 12.2. The summed E-state index contributed by atoms with van der Waals surface area (Å²) in [6.45, 7) is 2.11. The van der Waals surface area contributed by atoms with Crippen LogP contribution in [0.5, 0.6) is 0 Å². The number of fused-ring (bicyclic) bond motifs is 3. The van der Waals surface area contributed by atoms with Gasteiger partial charge < -0.3 is 10.2 Å². The van der Waals surface area contributed by atoms with E-state index in [1.165, 1.54) is 12.8 Å². The van der Waals surface area contributed by atoms with Gasteiger partial charge in [-0.25, -0.2) is 4.98 Å². The van der Waals surface area contributed by atoms with Gasteiger partial charge in [-0.05, 0) is 25.0 Å². The van der Waals surface area contributed by atoms with Gasteiger partial charge in [-0.3, -0.25) is 0 Å². The Bertz CT molecular complexity index is 417. The van der Waals surface area contributed by atoms with E-state index in [2.05, 4.69) is 21.3 Å². The summed E-state index contributed by atoms with van der Waals surface area (Å²) in [6.07, 6.45) is 4.18. The Labute approximate surface area is 107 Å². The molecule has 5 heteroatoms. The van der Waals surface area contributed by atoms with Crippen molar-refractivity contribution >= 4 is 18.2 Å². The second-order valence-electron chi connectivity index (χ2n) is 4.51. The number of nitriles is 1. The Kier molecular flexibility index (Phi) is 3.51. The normalized spacial score (nSPS) is 26.2. The zero-order chi connectivity index (χ0) is 11.0. The summed E-state index contributed by atoms with van der Waals surface area (Å²) in [7, 11) is 0. The van der Waals surface area contributed by atoms with Crippen molar-refractivity contribution < 1.29 is 0 Å². The van der Waals surface area contributed by atoms with Gasteiger partial charge in [0.05, 0.1) is 5.56 Å². The quantitative estimate of drug-likeness (QED) is 0.817. The van der Waals surface area contributed by atoms with Crippen molar-refractivity contribution in [1.82, 2.24) is 10.3 Å². The number of nitrogens with one attached hydrogen (secondary N) is 1. The molecule has 3 saturated heterocycles. The maximum absolute atomic E-state index is 8.73. The highest BCUT2D eigenvalue weighted by atomic mass is 35.5. The minimum atomic E-state index is 0. The largest absolute Gasteiger partial charge is 0.351 e. The number of piperidine rings is 2. The molecule has 4 rings (SSSR count). The molecule has 90 valence electrons. The van der Waals surface area contributed by atoms with Crippen LogP contribution in [0, 0.1) is 11.3 Å². The second kappa shape index (κ2) is 4.91. The number of aromatic nitrogens is 1. The lowest BCUT2D eigenvalue weighted by Gasteiger charge is -2.46. The second-order valence-corrected chi connectivity index (χ2v) is 4.51. The number of nitrogens with zero attached hydrogens (tertiary/aromatic N) is 3. The van der Waals surface area contributed by atoms with Gasteiger partial charge in [0.2, 0.25) is 0 Å². The predicted octanol–water partition coefficient (Wildman–Crippen LogP) is 1.32. The van der Waals surface area contributed by atoms with E-state index < -0.39 is 0 Å². The molecule has 4 heterocycles. The molecule has 1 aromatic rings. The first-order valence-electron chi connectivity index (χ1n) is 5.73. The molecule has 3 aliphatic heterocycles. The van der Waals surface area contributed by atoms with Gasteiger partial charge in [-0.2, -0.15) is 5.26 Å². The van der Waals surface area contributed by atoms with E-state index in [1.54, 1.807) is 6.20 Å². The van der Waals surface area contributed by atoms with E-state index in [0.717, 1.165) is 18.9 Å². The average Bonchev–Trinajstić information content (AvgIpc) is 2.40. The Morgan fingerprint density at radius 2 is 2.29 bits per heavy atom. The molecule has 4 nitrogen and oxygen atoms in total. The minimum Gasteiger partial charge on any atom is -0.351 e. The van der Waals surface area contributed by atoms with Gasteiger partial charge in [-0.1, -0.05) is 0 Å². The van der Waals surface area contributed by atoms with E-state index in [4.69, 9.17) is 5.26 Å². The fraction of sp³-hybridized carbons (Fsp3) is 0.500. The van der Waals surface area contributed by atoms with Crippen LogP contribution < -0.4 is 10.2 Å². The topological polar surface area (TPSA) is 52.0 Å². The van der Waals surface area contributed by atoms with E-state index in [-0.39, 0.29) is 12.4 Å². The van der Waals surface area contributed by atoms with Crippen LogP contribution in [-0.4, -0.2) is 30.2 Å². The third kappa shape index (κ3) is 2.21. The molecular weight excluding hydrogens is 236 g/mol. The maximum atomic E-state index is 8.73. The molecule has 1 aromatic heterocycles. The predicted molar refractivity (Wildman–Crippen MR) is 68.4 cm³/mol. The van der Waals surface area contributed by atoms with Crippen LogP contribution in [0.15, 0.2) is 18.3 Å². The summed E-state index contributed by atoms with van der Waals surface area (Å²) in [5.41, 5.74) is 0.629. The third-order valence-electron chi connectivity index (χ3n) is 3.52. The highest BCUT2D eigenvalue weighted by molar-refractivity contribution is 5.85. The van der Waals surface area contributed by atoms with Crippen LogP contribution in [0.25, 0.3) is 0 Å². The van der Waals surface area contributed by atoms with Gasteiger partial charge in [0.1, 0.15) is 11.9 Å². The Morgan fingerprint density at radius 1 is 1.41 bits per heavy atom. The van der Waals surface area contributed by atoms with E-state index in [9.17, 15) is 0 Å². The van der Waals surface area contributed by atoms with Crippen LogP contribution in [0.2, 0.25) is 0 Å². The molecule has 2 unspecified atom stereocenters. The van der Waals surface area contributed by atoms with Crippen LogP contribution >= 0.6 is 12.4 Å². The van der Waals surface area contributed by atoms with Gasteiger partial charge in [-0.15, -0.1) is 12.4 Å². The SMILES string of the molecule is Cl.N#Cc1ccc(N2CC3CCC2CN3)nc1. The molecule has 3 fully saturated rings. The van der Waals surface area contributed by atoms with E-state index in [1.807, 2.05) is 12.1 Å². The smallest absolute Gasteiger partial charge is 0.128 e. The van der Waals surface area contributed by atoms with Gasteiger partial charge >= 0.3 is 0 Å². The maximum Gasteiger partial charge on any atom is 0.128 e. The van der Waals surface area contributed by atoms with Crippen molar-refractivity contribution in [2.45, 2.75) is 24.9 Å². The van der Waals surface area contributed by atoms with E-state index in [0.29, 0.717) is 17.6 Å². The standard InChI is InChI=1S/C12H14N4.ClH/c13-5-9-1-4-12(15-6-9)16-8-10-2-3-11(16)7-14-10;/h1,4,6,10-11,14H,2-3,7-8H2;1H. The average molecular weight is 251 g/mol. The lowest BCUT2D eigenvalue weighted by Crippen LogP contribution is -2.61. The van der Waals surface area contributed by atoms with Gasteiger partial charge in [0.25, 0.3) is 0 Å². The summed E-state index contributed by atoms with van der Waals surface area (Å²) >= 11 is 0. The Balaban J connectivity index is 0.00000108. The molecule has 0 radical (unpaired) electrons. The van der Waals surface area contributed by atoms with Crippen molar-refractivity contribution in [1.29, 1.82) is 5.26 Å². The summed E-state index contributed by atoms with van der Waals surface area (Å²) in [6, 6.07) is 7.09. The minimum absolute atomic E-state index is 0. The molecule has 17 heavy (non-hydrogen) atoms. The molecule has 2 bridgehead atoms. The van der Waals surface area contributed by atoms with Crippen molar-refractivity contribution in [2.75, 3.05) is 18.0 Å². The monoisotopic (exact) mass is 250 g/mol. The first-order valence-corrected chi connectivity index (χ1v) is 5.73. The highest BCUT2D eigenvalue weighted by Gasteiger charge is 2.33. The summed E-state index contributed by atoms with van der Waals surface area (Å²) < 4.78 is 0. The van der Waals surface area contributed by atoms with Crippen LogP contribution in [-0.2, 0) is 0 Å². The van der Waals surface area contributed by atoms with Crippen molar-refractivity contribution in [3.8, 4) is 6.07 Å². The third-order valence-corrected chi connectivity index (χ3v) is 3.52. The Morgan fingerprint density at radius 3 is 2.76 bits per heavy atom. The van der Waals surface area contributed by atoms with Crippen LogP contribution in [0.1, 0.15) is 18.4 Å². The number of hydrogen-bond acceptors (Lipinski definition) is 4. The lowest BCUT2D eigenvalue weighted by molar-refractivity contribution is 0.289. The fourth-order valence-electron chi connectivity index (χ4n) is 2.61. The molecular formula is C12H15ClN4. The van der Waals surface area contributed by atoms with Crippen molar-refractivity contribution in [2.24, 2.45) is 0 Å². The number of halogens is 1. The summed E-state index contributed by atoms with van der Waals surface area (Å²) in [4.78, 5) is 6.73. The molecule has 0 spiro atoms. The fourth-order valence-corrected chi connectivity index (χ4v) is 2.61. The molecule has 0 aliphatic carbocycles. The van der Waals surface area contributed by atoms with Crippen molar-refractivity contribution in [3.05, 3.63) is 23.9 Å². The number of rotatable bonds is 1. The number of piperazine rings is 1. The summed E-state index contributed by atoms with van der Waals surface area (Å²) in [5, 5.41) is 12.2. The molecule has 1 N–H and O–H groups in total. The molecule has 0 saturated carbocycles. The van der Waals surface area contributed by atoms with Crippen LogP contribution in [0.4, 0.5) is 5.82 Å². The summed E-state index contributed by atoms with van der Waals surface area (Å²) in [5.74, 6) is 1.01. The van der Waals surface area contributed by atoms with Crippen molar-refractivity contribution in [3.63, 3.8) is 0 Å². The Hall–Kier alpha value is -1.31. The highest BCUT2D eigenvalue weighted by Crippen LogP contribution is 2.26. The molecule has 2 atom stereocenters. The van der Waals surface area contributed by atoms with Gasteiger partial charge in [0, 0.05) is 31.4 Å². The van der Waals surface area contributed by atoms with E-state index >= 15 is 0 Å². The number of anilines is 1. The molecule has 3 aliphatic rings. The molecule has 0 amide bonds.